The van der Waals surface area contributed by atoms with Crippen molar-refractivity contribution in [1.82, 2.24) is 4.90 Å². The molecule has 1 aromatic rings. The molecule has 118 valence electrons. The van der Waals surface area contributed by atoms with Crippen molar-refractivity contribution in [2.75, 3.05) is 20.6 Å². The maximum atomic E-state index is 12.0. The van der Waals surface area contributed by atoms with Gasteiger partial charge in [-0.05, 0) is 73.0 Å². The first-order chi connectivity index (χ1) is 9.48. The van der Waals surface area contributed by atoms with E-state index in [9.17, 15) is 4.79 Å². The molecule has 0 N–H and O–H groups in total. The number of ether oxygens (including phenoxy) is 1. The van der Waals surface area contributed by atoms with Crippen LogP contribution in [-0.4, -0.2) is 41.9 Å². The van der Waals surface area contributed by atoms with Gasteiger partial charge in [0.1, 0.15) is 5.60 Å². The number of hydrogen-bond acceptors (Lipinski definition) is 4. The molecule has 0 bridgehead atoms. The Kier molecular flexibility index (Phi) is 5.88. The quantitative estimate of drug-likeness (QED) is 0.605. The van der Waals surface area contributed by atoms with E-state index in [1.807, 2.05) is 56.8 Å². The summed E-state index contributed by atoms with van der Waals surface area (Å²) in [4.78, 5) is 15.3. The number of carbonyl (C=O) groups is 1. The molecular weight excluding hydrogens is 282 g/mol. The second kappa shape index (κ2) is 6.84. The van der Waals surface area contributed by atoms with Crippen LogP contribution in [0, 0.1) is 0 Å². The average Bonchev–Trinajstić information content (AvgIpc) is 2.24. The molecule has 3 nitrogen and oxygen atoms in total. The molecule has 4 heteroatoms. The third-order valence-electron chi connectivity index (χ3n) is 2.58. The Balaban J connectivity index is 2.72. The molecule has 0 aliphatic rings. The fraction of sp³-hybridized carbons (Fsp3) is 0.588. The Bertz CT molecular complexity index is 473. The molecule has 0 unspecified atom stereocenters. The van der Waals surface area contributed by atoms with Gasteiger partial charge in [0.05, 0.1) is 5.56 Å². The van der Waals surface area contributed by atoms with Gasteiger partial charge in [0.15, 0.2) is 0 Å². The molecule has 0 spiro atoms. The van der Waals surface area contributed by atoms with Crippen LogP contribution in [0.4, 0.5) is 0 Å². The normalized spacial score (nSPS) is 12.6. The van der Waals surface area contributed by atoms with Crippen LogP contribution in [0.15, 0.2) is 29.2 Å². The topological polar surface area (TPSA) is 29.5 Å². The predicted octanol–water partition coefficient (Wildman–Crippen LogP) is 4.07. The zero-order valence-corrected chi connectivity index (χ0v) is 15.0. The van der Waals surface area contributed by atoms with E-state index in [0.717, 1.165) is 11.4 Å². The number of nitrogens with zero attached hydrogens (tertiary/aromatic N) is 1. The van der Waals surface area contributed by atoms with Crippen molar-refractivity contribution in [3.05, 3.63) is 29.8 Å². The summed E-state index contributed by atoms with van der Waals surface area (Å²) in [6.07, 6.45) is 0. The van der Waals surface area contributed by atoms with E-state index in [2.05, 4.69) is 32.8 Å². The van der Waals surface area contributed by atoms with Gasteiger partial charge in [-0.2, -0.15) is 0 Å². The summed E-state index contributed by atoms with van der Waals surface area (Å²) >= 11 is 1.81. The van der Waals surface area contributed by atoms with E-state index in [1.165, 1.54) is 0 Å². The van der Waals surface area contributed by atoms with Crippen molar-refractivity contribution in [3.8, 4) is 0 Å². The highest BCUT2D eigenvalue weighted by molar-refractivity contribution is 8.00. The van der Waals surface area contributed by atoms with Crippen LogP contribution in [0.1, 0.15) is 45.0 Å². The summed E-state index contributed by atoms with van der Waals surface area (Å²) in [6.45, 7) is 11.1. The van der Waals surface area contributed by atoms with Crippen LogP contribution in [0.2, 0.25) is 0 Å². The van der Waals surface area contributed by atoms with Crippen molar-refractivity contribution in [2.45, 2.75) is 49.9 Å². The van der Waals surface area contributed by atoms with Crippen molar-refractivity contribution < 1.29 is 9.53 Å². The Morgan fingerprint density at radius 2 is 1.62 bits per heavy atom. The Hall–Kier alpha value is -1.00. The molecule has 1 rings (SSSR count). The number of carbonyl (C=O) groups excluding carboxylic acids is 1. The zero-order valence-electron chi connectivity index (χ0n) is 14.2. The van der Waals surface area contributed by atoms with Crippen molar-refractivity contribution in [1.29, 1.82) is 0 Å². The fourth-order valence-corrected chi connectivity index (χ4v) is 3.34. The molecule has 0 amide bonds. The van der Waals surface area contributed by atoms with E-state index in [0.29, 0.717) is 5.56 Å². The van der Waals surface area contributed by atoms with Crippen LogP contribution in [0.5, 0.6) is 0 Å². The van der Waals surface area contributed by atoms with Gasteiger partial charge in [-0.15, -0.1) is 11.8 Å². The zero-order chi connectivity index (χ0) is 16.3. The number of rotatable bonds is 5. The minimum Gasteiger partial charge on any atom is -0.456 e. The van der Waals surface area contributed by atoms with Crippen molar-refractivity contribution in [3.63, 3.8) is 0 Å². The van der Waals surface area contributed by atoms with Crippen LogP contribution >= 0.6 is 11.8 Å². The Labute approximate surface area is 133 Å². The predicted molar refractivity (Wildman–Crippen MR) is 90.1 cm³/mol. The third-order valence-corrected chi connectivity index (χ3v) is 3.77. The van der Waals surface area contributed by atoms with Crippen LogP contribution < -0.4 is 0 Å². The van der Waals surface area contributed by atoms with Gasteiger partial charge in [0.2, 0.25) is 0 Å². The van der Waals surface area contributed by atoms with Gasteiger partial charge in [-0.25, -0.2) is 4.79 Å². The smallest absolute Gasteiger partial charge is 0.338 e. The second-order valence-electron chi connectivity index (χ2n) is 7.13. The number of thioether (sulfide) groups is 1. The maximum Gasteiger partial charge on any atom is 0.338 e. The summed E-state index contributed by atoms with van der Waals surface area (Å²) in [5, 5.41) is 0. The van der Waals surface area contributed by atoms with Gasteiger partial charge in [0.25, 0.3) is 0 Å². The van der Waals surface area contributed by atoms with E-state index < -0.39 is 5.60 Å². The van der Waals surface area contributed by atoms with Crippen LogP contribution in [0.3, 0.4) is 0 Å². The lowest BCUT2D eigenvalue weighted by Gasteiger charge is -2.27. The molecule has 0 atom stereocenters. The number of benzene rings is 1. The Morgan fingerprint density at radius 3 is 2.05 bits per heavy atom. The minimum atomic E-state index is -0.460. The molecular formula is C17H27NO2S. The number of hydrogen-bond donors (Lipinski definition) is 0. The summed E-state index contributed by atoms with van der Waals surface area (Å²) in [5.74, 6) is -0.272. The first-order valence-corrected chi connectivity index (χ1v) is 7.97. The lowest BCUT2D eigenvalue weighted by Crippen LogP contribution is -2.31. The van der Waals surface area contributed by atoms with E-state index in [4.69, 9.17) is 4.74 Å². The molecule has 21 heavy (non-hydrogen) atoms. The van der Waals surface area contributed by atoms with Gasteiger partial charge >= 0.3 is 5.97 Å². The average molecular weight is 309 g/mol. The highest BCUT2D eigenvalue weighted by Crippen LogP contribution is 2.33. The molecule has 0 aromatic heterocycles. The lowest BCUT2D eigenvalue weighted by atomic mass is 10.2. The summed E-state index contributed by atoms with van der Waals surface area (Å²) < 4.78 is 5.49. The third kappa shape index (κ3) is 7.00. The second-order valence-corrected chi connectivity index (χ2v) is 8.91. The van der Waals surface area contributed by atoms with Crippen molar-refractivity contribution >= 4 is 17.7 Å². The van der Waals surface area contributed by atoms with E-state index >= 15 is 0 Å². The molecule has 0 fully saturated rings. The minimum absolute atomic E-state index is 0.122. The highest BCUT2D eigenvalue weighted by Gasteiger charge is 2.21. The molecule has 1 aromatic carbocycles. The fourth-order valence-electron chi connectivity index (χ4n) is 2.11. The Morgan fingerprint density at radius 1 is 1.10 bits per heavy atom. The molecule has 0 aliphatic carbocycles. The van der Waals surface area contributed by atoms with E-state index in [1.54, 1.807) is 0 Å². The van der Waals surface area contributed by atoms with Crippen molar-refractivity contribution in [2.24, 2.45) is 0 Å². The summed E-state index contributed by atoms with van der Waals surface area (Å²) in [7, 11) is 4.15. The monoisotopic (exact) mass is 309 g/mol. The SMILES string of the molecule is CN(C)CC(C)(C)Sc1ccc(C(=O)OC(C)(C)C)cc1. The molecule has 0 radical (unpaired) electrons. The van der Waals surface area contributed by atoms with Crippen LogP contribution in [-0.2, 0) is 4.74 Å². The van der Waals surface area contributed by atoms with Crippen LogP contribution in [0.25, 0.3) is 0 Å². The lowest BCUT2D eigenvalue weighted by molar-refractivity contribution is 0.00695. The van der Waals surface area contributed by atoms with Gasteiger partial charge in [-0.3, -0.25) is 0 Å². The summed E-state index contributed by atoms with van der Waals surface area (Å²) in [6, 6.07) is 7.65. The molecule has 0 saturated heterocycles. The van der Waals surface area contributed by atoms with Gasteiger partial charge in [0, 0.05) is 16.2 Å². The first kappa shape index (κ1) is 18.1. The molecule has 0 saturated carbocycles. The van der Waals surface area contributed by atoms with Gasteiger partial charge < -0.3 is 9.64 Å². The van der Waals surface area contributed by atoms with E-state index in [-0.39, 0.29) is 10.7 Å². The molecule has 0 heterocycles. The summed E-state index contributed by atoms with van der Waals surface area (Å²) in [5.41, 5.74) is 0.137. The first-order valence-electron chi connectivity index (χ1n) is 7.16. The highest BCUT2D eigenvalue weighted by atomic mass is 32.2. The largest absolute Gasteiger partial charge is 0.456 e. The van der Waals surface area contributed by atoms with Gasteiger partial charge in [-0.1, -0.05) is 0 Å². The standard InChI is InChI=1S/C17H27NO2S/c1-16(2,3)20-15(19)13-8-10-14(11-9-13)21-17(4,5)12-18(6)7/h8-11H,12H2,1-7H3. The number of esters is 1. The maximum absolute atomic E-state index is 12.0. The molecule has 0 aliphatic heterocycles.